The van der Waals surface area contributed by atoms with E-state index in [1.165, 1.54) is 16.7 Å². The molecule has 2 aromatic heterocycles. The fourth-order valence-electron chi connectivity index (χ4n) is 2.79. The van der Waals surface area contributed by atoms with Gasteiger partial charge in [-0.25, -0.2) is 0 Å². The molecule has 1 N–H and O–H groups in total. The summed E-state index contributed by atoms with van der Waals surface area (Å²) in [6.45, 7) is 0.648. The Labute approximate surface area is 172 Å². The van der Waals surface area contributed by atoms with Crippen molar-refractivity contribution in [2.75, 3.05) is 18.1 Å². The van der Waals surface area contributed by atoms with E-state index in [0.29, 0.717) is 18.3 Å². The predicted molar refractivity (Wildman–Crippen MR) is 112 cm³/mol. The second kappa shape index (κ2) is 9.25. The smallest absolute Gasteiger partial charge is 0.230 e. The van der Waals surface area contributed by atoms with E-state index >= 15 is 0 Å². The van der Waals surface area contributed by atoms with Crippen LogP contribution in [0.4, 0.5) is 0 Å². The summed E-state index contributed by atoms with van der Waals surface area (Å²) in [5.41, 5.74) is 0.955. The highest BCUT2D eigenvalue weighted by molar-refractivity contribution is 7.99. The van der Waals surface area contributed by atoms with Crippen LogP contribution in [-0.2, 0) is 4.79 Å². The monoisotopic (exact) mass is 411 g/mol. The number of carbonyl (C=O) groups is 1. The van der Waals surface area contributed by atoms with Gasteiger partial charge in [-0.15, -0.1) is 22.0 Å². The second-order valence-electron chi connectivity index (χ2n) is 6.45. The van der Waals surface area contributed by atoms with Crippen LogP contribution >= 0.6 is 23.5 Å². The van der Waals surface area contributed by atoms with Gasteiger partial charge in [0.05, 0.1) is 5.75 Å². The summed E-state index contributed by atoms with van der Waals surface area (Å²) < 4.78 is 2.15. The van der Waals surface area contributed by atoms with Gasteiger partial charge < -0.3 is 5.32 Å². The molecule has 0 atom stereocenters. The molecule has 3 aromatic rings. The molecule has 0 bridgehead atoms. The highest BCUT2D eigenvalue weighted by Gasteiger charge is 2.30. The van der Waals surface area contributed by atoms with Crippen LogP contribution in [0.3, 0.4) is 0 Å². The zero-order valence-corrected chi connectivity index (χ0v) is 17.0. The van der Waals surface area contributed by atoms with Crippen LogP contribution in [0.25, 0.3) is 11.4 Å². The van der Waals surface area contributed by atoms with E-state index in [1.54, 1.807) is 24.2 Å². The first-order valence-corrected chi connectivity index (χ1v) is 11.2. The van der Waals surface area contributed by atoms with E-state index in [9.17, 15) is 4.79 Å². The lowest BCUT2D eigenvalue weighted by atomic mass is 10.3. The molecule has 8 heteroatoms. The Hall–Kier alpha value is -2.32. The molecule has 1 amide bonds. The first kappa shape index (κ1) is 19.0. The number of benzene rings is 1. The number of hydrogen-bond acceptors (Lipinski definition) is 6. The molecule has 1 saturated carbocycles. The first-order chi connectivity index (χ1) is 13.8. The van der Waals surface area contributed by atoms with Crippen LogP contribution in [-0.4, -0.2) is 43.7 Å². The number of rotatable bonds is 9. The largest absolute Gasteiger partial charge is 0.355 e. The van der Waals surface area contributed by atoms with E-state index in [1.807, 2.05) is 30.3 Å². The van der Waals surface area contributed by atoms with Crippen molar-refractivity contribution < 1.29 is 4.79 Å². The SMILES string of the molecule is O=C(CSc1nnc(-c2cccnc2)n1C1CC1)NCCSc1ccccc1. The number of pyridine rings is 1. The average molecular weight is 412 g/mol. The van der Waals surface area contributed by atoms with E-state index in [-0.39, 0.29) is 5.91 Å². The Morgan fingerprint density at radius 1 is 1.11 bits per heavy atom. The van der Waals surface area contributed by atoms with Gasteiger partial charge in [0, 0.05) is 41.2 Å². The van der Waals surface area contributed by atoms with Crippen molar-refractivity contribution in [2.45, 2.75) is 28.9 Å². The summed E-state index contributed by atoms with van der Waals surface area (Å²) in [6.07, 6.45) is 5.80. The van der Waals surface area contributed by atoms with Crippen molar-refractivity contribution in [3.05, 3.63) is 54.9 Å². The lowest BCUT2D eigenvalue weighted by Crippen LogP contribution is -2.27. The summed E-state index contributed by atoms with van der Waals surface area (Å²) in [5, 5.41) is 12.5. The molecule has 0 aliphatic heterocycles. The Balaban J connectivity index is 1.29. The molecule has 0 radical (unpaired) electrons. The minimum Gasteiger partial charge on any atom is -0.355 e. The third-order valence-electron chi connectivity index (χ3n) is 4.26. The van der Waals surface area contributed by atoms with Crippen molar-refractivity contribution >= 4 is 29.4 Å². The summed E-state index contributed by atoms with van der Waals surface area (Å²) in [4.78, 5) is 17.6. The normalized spacial score (nSPS) is 13.4. The van der Waals surface area contributed by atoms with Crippen molar-refractivity contribution in [1.82, 2.24) is 25.1 Å². The molecule has 1 aliphatic carbocycles. The fraction of sp³-hybridized carbons (Fsp3) is 0.300. The van der Waals surface area contributed by atoms with E-state index < -0.39 is 0 Å². The maximum Gasteiger partial charge on any atom is 0.230 e. The summed E-state index contributed by atoms with van der Waals surface area (Å²) in [7, 11) is 0. The van der Waals surface area contributed by atoms with Crippen molar-refractivity contribution in [3.8, 4) is 11.4 Å². The molecule has 0 saturated heterocycles. The highest BCUT2D eigenvalue weighted by atomic mass is 32.2. The standard InChI is InChI=1S/C20H21N5OS2/c26-18(22-11-12-27-17-6-2-1-3-7-17)14-28-20-24-23-19(25(20)16-8-9-16)15-5-4-10-21-13-15/h1-7,10,13,16H,8-9,11-12,14H2,(H,22,26). The first-order valence-electron chi connectivity index (χ1n) is 9.24. The van der Waals surface area contributed by atoms with Gasteiger partial charge in [-0.05, 0) is 37.1 Å². The van der Waals surface area contributed by atoms with Crippen molar-refractivity contribution in [2.24, 2.45) is 0 Å². The number of amides is 1. The zero-order valence-electron chi connectivity index (χ0n) is 15.3. The topological polar surface area (TPSA) is 72.7 Å². The lowest BCUT2D eigenvalue weighted by Gasteiger charge is -2.09. The van der Waals surface area contributed by atoms with Crippen LogP contribution < -0.4 is 5.32 Å². The van der Waals surface area contributed by atoms with Crippen LogP contribution in [0.1, 0.15) is 18.9 Å². The molecular formula is C20H21N5OS2. The Bertz CT molecular complexity index is 913. The van der Waals surface area contributed by atoms with E-state index in [4.69, 9.17) is 0 Å². The lowest BCUT2D eigenvalue weighted by molar-refractivity contribution is -0.118. The minimum absolute atomic E-state index is 0.0203. The van der Waals surface area contributed by atoms with Crippen LogP contribution in [0.5, 0.6) is 0 Å². The third-order valence-corrected chi connectivity index (χ3v) is 6.22. The van der Waals surface area contributed by atoms with Crippen LogP contribution in [0.15, 0.2) is 64.9 Å². The Morgan fingerprint density at radius 2 is 1.96 bits per heavy atom. The minimum atomic E-state index is 0.0203. The molecule has 1 aliphatic rings. The van der Waals surface area contributed by atoms with E-state index in [0.717, 1.165) is 35.1 Å². The van der Waals surface area contributed by atoms with Crippen molar-refractivity contribution in [3.63, 3.8) is 0 Å². The highest BCUT2D eigenvalue weighted by Crippen LogP contribution is 2.40. The molecule has 144 valence electrons. The fourth-order valence-corrected chi connectivity index (χ4v) is 4.41. The summed E-state index contributed by atoms with van der Waals surface area (Å²) >= 11 is 3.18. The van der Waals surface area contributed by atoms with Crippen LogP contribution in [0.2, 0.25) is 0 Å². The van der Waals surface area contributed by atoms with Gasteiger partial charge in [0.25, 0.3) is 0 Å². The van der Waals surface area contributed by atoms with Crippen LogP contribution in [0, 0.1) is 0 Å². The molecule has 1 fully saturated rings. The molecule has 4 rings (SSSR count). The third kappa shape index (κ3) is 4.94. The molecular weight excluding hydrogens is 390 g/mol. The number of thioether (sulfide) groups is 2. The second-order valence-corrected chi connectivity index (χ2v) is 8.56. The number of nitrogens with zero attached hydrogens (tertiary/aromatic N) is 4. The maximum atomic E-state index is 12.2. The molecule has 6 nitrogen and oxygen atoms in total. The predicted octanol–water partition coefficient (Wildman–Crippen LogP) is 3.68. The van der Waals surface area contributed by atoms with Gasteiger partial charge in [0.15, 0.2) is 11.0 Å². The van der Waals surface area contributed by atoms with Crippen molar-refractivity contribution in [1.29, 1.82) is 0 Å². The molecule has 0 unspecified atom stereocenters. The number of nitrogens with one attached hydrogen (secondary N) is 1. The number of hydrogen-bond donors (Lipinski definition) is 1. The molecule has 2 heterocycles. The van der Waals surface area contributed by atoms with Gasteiger partial charge in [-0.2, -0.15) is 0 Å². The Morgan fingerprint density at radius 3 is 2.71 bits per heavy atom. The van der Waals surface area contributed by atoms with Gasteiger partial charge >= 0.3 is 0 Å². The molecule has 1 aromatic carbocycles. The van der Waals surface area contributed by atoms with E-state index in [2.05, 4.69) is 37.2 Å². The Kier molecular flexibility index (Phi) is 6.28. The number of carbonyl (C=O) groups excluding carboxylic acids is 1. The quantitative estimate of drug-likeness (QED) is 0.428. The van der Waals surface area contributed by atoms with Gasteiger partial charge in [0.2, 0.25) is 5.91 Å². The van der Waals surface area contributed by atoms with Gasteiger partial charge in [0.1, 0.15) is 0 Å². The molecule has 28 heavy (non-hydrogen) atoms. The maximum absolute atomic E-state index is 12.2. The molecule has 0 spiro atoms. The average Bonchev–Trinajstić information content (AvgIpc) is 3.50. The van der Waals surface area contributed by atoms with Gasteiger partial charge in [-0.1, -0.05) is 30.0 Å². The number of aromatic nitrogens is 4. The zero-order chi connectivity index (χ0) is 19.2. The summed E-state index contributed by atoms with van der Waals surface area (Å²) in [5.74, 6) is 2.04. The summed E-state index contributed by atoms with van der Waals surface area (Å²) in [6, 6.07) is 14.5. The van der Waals surface area contributed by atoms with Gasteiger partial charge in [-0.3, -0.25) is 14.3 Å².